The lowest BCUT2D eigenvalue weighted by Gasteiger charge is -2.38. The van der Waals surface area contributed by atoms with Crippen LogP contribution in [0, 0.1) is 17.8 Å². The molecule has 2 aliphatic rings. The van der Waals surface area contributed by atoms with Gasteiger partial charge in [0.05, 0.1) is 13.2 Å². The standard InChI is InChI=1S/C26H38O/c1-3-5-19-27-20-22-9-13-24(14-10-22)26-17-15-25(16-18-26)23-11-7-21(6-4-2)8-12-23/h3-4,9-10,13-14,21,23,25-26H,1-2,5-8,11-12,15-20H2/t21-,23-,25?,26?. The maximum atomic E-state index is 5.67. The third-order valence-electron chi connectivity index (χ3n) is 7.02. The van der Waals surface area contributed by atoms with Gasteiger partial charge in [-0.05, 0) is 99.0 Å². The van der Waals surface area contributed by atoms with Crippen LogP contribution >= 0.6 is 0 Å². The number of allylic oxidation sites excluding steroid dienone is 1. The summed E-state index contributed by atoms with van der Waals surface area (Å²) in [5.74, 6) is 3.69. The van der Waals surface area contributed by atoms with Crippen LogP contribution in [0.3, 0.4) is 0 Å². The lowest BCUT2D eigenvalue weighted by Crippen LogP contribution is -2.25. The van der Waals surface area contributed by atoms with Gasteiger partial charge in [-0.3, -0.25) is 0 Å². The molecule has 0 bridgehead atoms. The maximum Gasteiger partial charge on any atom is 0.0717 e. The molecule has 27 heavy (non-hydrogen) atoms. The van der Waals surface area contributed by atoms with Crippen LogP contribution in [-0.4, -0.2) is 6.61 Å². The minimum atomic E-state index is 0.718. The monoisotopic (exact) mass is 366 g/mol. The molecule has 1 aromatic rings. The lowest BCUT2D eigenvalue weighted by molar-refractivity contribution is 0.125. The smallest absolute Gasteiger partial charge is 0.0717 e. The average molecular weight is 367 g/mol. The lowest BCUT2D eigenvalue weighted by atomic mass is 9.68. The summed E-state index contributed by atoms with van der Waals surface area (Å²) in [4.78, 5) is 0. The number of benzene rings is 1. The van der Waals surface area contributed by atoms with Crippen molar-refractivity contribution < 1.29 is 4.74 Å². The zero-order valence-electron chi connectivity index (χ0n) is 17.1. The molecule has 0 heterocycles. The van der Waals surface area contributed by atoms with Crippen LogP contribution in [0.25, 0.3) is 0 Å². The first-order chi connectivity index (χ1) is 13.3. The highest BCUT2D eigenvalue weighted by Crippen LogP contribution is 2.44. The van der Waals surface area contributed by atoms with Crippen LogP contribution in [0.5, 0.6) is 0 Å². The minimum Gasteiger partial charge on any atom is -0.376 e. The van der Waals surface area contributed by atoms with Gasteiger partial charge in [-0.2, -0.15) is 0 Å². The first kappa shape index (κ1) is 20.4. The van der Waals surface area contributed by atoms with E-state index in [0.29, 0.717) is 0 Å². The van der Waals surface area contributed by atoms with E-state index in [0.717, 1.165) is 43.3 Å². The first-order valence-corrected chi connectivity index (χ1v) is 11.2. The number of ether oxygens (including phenoxy) is 1. The van der Waals surface area contributed by atoms with E-state index in [9.17, 15) is 0 Å². The molecule has 0 saturated heterocycles. The normalized spacial score (nSPS) is 28.6. The fourth-order valence-electron chi connectivity index (χ4n) is 5.30. The van der Waals surface area contributed by atoms with Crippen LogP contribution in [0.1, 0.15) is 81.3 Å². The second kappa shape index (κ2) is 10.9. The van der Waals surface area contributed by atoms with Crippen molar-refractivity contribution in [2.75, 3.05) is 6.61 Å². The molecule has 0 aliphatic heterocycles. The Morgan fingerprint density at radius 3 is 2.04 bits per heavy atom. The van der Waals surface area contributed by atoms with Gasteiger partial charge in [0, 0.05) is 0 Å². The quantitative estimate of drug-likeness (QED) is 0.326. The highest BCUT2D eigenvalue weighted by molar-refractivity contribution is 5.25. The number of rotatable bonds is 9. The van der Waals surface area contributed by atoms with E-state index >= 15 is 0 Å². The van der Waals surface area contributed by atoms with Crippen molar-refractivity contribution in [2.45, 2.75) is 76.7 Å². The molecule has 1 aromatic carbocycles. The summed E-state index contributed by atoms with van der Waals surface area (Å²) in [5.41, 5.74) is 2.82. The second-order valence-electron chi connectivity index (χ2n) is 8.79. The van der Waals surface area contributed by atoms with Crippen molar-refractivity contribution in [2.24, 2.45) is 17.8 Å². The van der Waals surface area contributed by atoms with Crippen LogP contribution < -0.4 is 0 Å². The summed E-state index contributed by atoms with van der Waals surface area (Å²) >= 11 is 0. The summed E-state index contributed by atoms with van der Waals surface area (Å²) in [5, 5.41) is 0. The molecule has 1 heteroatoms. The molecule has 2 aliphatic carbocycles. The van der Waals surface area contributed by atoms with Crippen molar-refractivity contribution in [1.82, 2.24) is 0 Å². The van der Waals surface area contributed by atoms with Gasteiger partial charge in [0.25, 0.3) is 0 Å². The minimum absolute atomic E-state index is 0.718. The Hall–Kier alpha value is -1.34. The van der Waals surface area contributed by atoms with E-state index in [1.54, 1.807) is 0 Å². The second-order valence-corrected chi connectivity index (χ2v) is 8.79. The van der Waals surface area contributed by atoms with Gasteiger partial charge in [0.15, 0.2) is 0 Å². The van der Waals surface area contributed by atoms with Gasteiger partial charge in [0.1, 0.15) is 0 Å². The van der Waals surface area contributed by atoms with E-state index in [-0.39, 0.29) is 0 Å². The summed E-state index contributed by atoms with van der Waals surface area (Å²) in [6.45, 7) is 9.13. The molecule has 2 fully saturated rings. The molecule has 0 unspecified atom stereocenters. The topological polar surface area (TPSA) is 9.23 Å². The Morgan fingerprint density at radius 2 is 1.44 bits per heavy atom. The highest BCUT2D eigenvalue weighted by atomic mass is 16.5. The zero-order chi connectivity index (χ0) is 18.9. The predicted octanol–water partition coefficient (Wildman–Crippen LogP) is 7.44. The van der Waals surface area contributed by atoms with E-state index in [2.05, 4.69) is 43.5 Å². The van der Waals surface area contributed by atoms with Gasteiger partial charge in [0.2, 0.25) is 0 Å². The van der Waals surface area contributed by atoms with Gasteiger partial charge in [-0.25, -0.2) is 0 Å². The number of hydrogen-bond donors (Lipinski definition) is 0. The third-order valence-corrected chi connectivity index (χ3v) is 7.02. The Bertz CT molecular complexity index is 556. The molecule has 0 radical (unpaired) electrons. The van der Waals surface area contributed by atoms with Crippen LogP contribution in [-0.2, 0) is 11.3 Å². The fraction of sp³-hybridized carbons (Fsp3) is 0.615. The molecular formula is C26H38O. The molecule has 3 rings (SSSR count). The predicted molar refractivity (Wildman–Crippen MR) is 116 cm³/mol. The number of hydrogen-bond acceptors (Lipinski definition) is 1. The Morgan fingerprint density at radius 1 is 0.815 bits per heavy atom. The summed E-state index contributed by atoms with van der Waals surface area (Å²) in [6.07, 6.45) is 17.6. The van der Waals surface area contributed by atoms with Crippen molar-refractivity contribution in [3.63, 3.8) is 0 Å². The molecule has 0 spiro atoms. The van der Waals surface area contributed by atoms with Gasteiger partial charge >= 0.3 is 0 Å². The summed E-state index contributed by atoms with van der Waals surface area (Å²) < 4.78 is 5.67. The molecule has 0 N–H and O–H groups in total. The van der Waals surface area contributed by atoms with Crippen LogP contribution in [0.2, 0.25) is 0 Å². The Kier molecular flexibility index (Phi) is 8.20. The SMILES string of the molecule is C=CCCOCc1ccc(C2CCC([C@H]3CC[C@H](CC=C)CC3)CC2)cc1. The van der Waals surface area contributed by atoms with E-state index in [4.69, 9.17) is 4.74 Å². The summed E-state index contributed by atoms with van der Waals surface area (Å²) in [6, 6.07) is 9.21. The zero-order valence-corrected chi connectivity index (χ0v) is 17.1. The molecule has 148 valence electrons. The molecule has 0 amide bonds. The summed E-state index contributed by atoms with van der Waals surface area (Å²) in [7, 11) is 0. The van der Waals surface area contributed by atoms with Gasteiger partial charge in [-0.15, -0.1) is 13.2 Å². The molecule has 1 nitrogen and oxygen atoms in total. The van der Waals surface area contributed by atoms with Crippen molar-refractivity contribution >= 4 is 0 Å². The molecule has 0 atom stereocenters. The Balaban J connectivity index is 1.41. The largest absolute Gasteiger partial charge is 0.376 e. The van der Waals surface area contributed by atoms with Crippen LogP contribution in [0.4, 0.5) is 0 Å². The van der Waals surface area contributed by atoms with Crippen molar-refractivity contribution in [1.29, 1.82) is 0 Å². The third kappa shape index (κ3) is 6.07. The molecule has 2 saturated carbocycles. The molecule has 0 aromatic heterocycles. The Labute approximate surface area is 166 Å². The average Bonchev–Trinajstić information content (AvgIpc) is 2.73. The fourth-order valence-corrected chi connectivity index (χ4v) is 5.30. The van der Waals surface area contributed by atoms with E-state index in [1.165, 1.54) is 68.9 Å². The van der Waals surface area contributed by atoms with Crippen molar-refractivity contribution in [3.8, 4) is 0 Å². The van der Waals surface area contributed by atoms with Gasteiger partial charge < -0.3 is 4.74 Å². The van der Waals surface area contributed by atoms with Gasteiger partial charge in [-0.1, -0.05) is 36.4 Å². The maximum absolute atomic E-state index is 5.67. The van der Waals surface area contributed by atoms with E-state index in [1.807, 2.05) is 6.08 Å². The first-order valence-electron chi connectivity index (χ1n) is 11.2. The van der Waals surface area contributed by atoms with Crippen LogP contribution in [0.15, 0.2) is 49.6 Å². The highest BCUT2D eigenvalue weighted by Gasteiger charge is 2.30. The van der Waals surface area contributed by atoms with E-state index < -0.39 is 0 Å². The molecular weight excluding hydrogens is 328 g/mol. The van der Waals surface area contributed by atoms with Crippen molar-refractivity contribution in [3.05, 3.63) is 60.7 Å².